The van der Waals surface area contributed by atoms with Crippen LogP contribution < -0.4 is 4.90 Å². The number of carbonyl (C=O) groups is 1. The minimum atomic E-state index is -4.67. The van der Waals surface area contributed by atoms with Crippen LogP contribution in [-0.2, 0) is 10.9 Å². The van der Waals surface area contributed by atoms with Crippen molar-refractivity contribution in [2.45, 2.75) is 18.5 Å². The molecule has 1 aromatic heterocycles. The zero-order valence-electron chi connectivity index (χ0n) is 16.6. The van der Waals surface area contributed by atoms with Gasteiger partial charge in [-0.15, -0.1) is 10.2 Å². The Morgan fingerprint density at radius 1 is 1.16 bits per heavy atom. The van der Waals surface area contributed by atoms with Crippen molar-refractivity contribution in [3.8, 4) is 0 Å². The van der Waals surface area contributed by atoms with Crippen molar-refractivity contribution in [3.63, 3.8) is 0 Å². The van der Waals surface area contributed by atoms with Crippen LogP contribution >= 0.6 is 0 Å². The Labute approximate surface area is 176 Å². The lowest BCUT2D eigenvalue weighted by molar-refractivity contribution is -0.157. The minimum Gasteiger partial charge on any atom is -0.417 e. The number of hydrogen-bond acceptors (Lipinski definition) is 5. The third-order valence-electron chi connectivity index (χ3n) is 5.10. The highest BCUT2D eigenvalue weighted by Crippen LogP contribution is 2.32. The van der Waals surface area contributed by atoms with Gasteiger partial charge in [0.05, 0.1) is 25.7 Å². The SMILES string of the molecule is O=C(N1CCOCC1)N(CC1=CCC(c2nnc(C(F)(F)F)o2)C=C1)c1ccccc1. The van der Waals surface area contributed by atoms with Crippen LogP contribution in [0, 0.1) is 0 Å². The lowest BCUT2D eigenvalue weighted by atomic mass is 9.96. The lowest BCUT2D eigenvalue weighted by Crippen LogP contribution is -2.49. The van der Waals surface area contributed by atoms with Gasteiger partial charge in [0, 0.05) is 18.8 Å². The third-order valence-corrected chi connectivity index (χ3v) is 5.10. The molecule has 0 saturated carbocycles. The van der Waals surface area contributed by atoms with Gasteiger partial charge in [0.1, 0.15) is 0 Å². The predicted molar refractivity (Wildman–Crippen MR) is 105 cm³/mol. The lowest BCUT2D eigenvalue weighted by Gasteiger charge is -2.33. The third kappa shape index (κ3) is 4.96. The molecule has 164 valence electrons. The van der Waals surface area contributed by atoms with Gasteiger partial charge in [-0.05, 0) is 24.1 Å². The molecule has 1 fully saturated rings. The fraction of sp³-hybridized carbons (Fsp3) is 0.381. The molecule has 31 heavy (non-hydrogen) atoms. The summed E-state index contributed by atoms with van der Waals surface area (Å²) in [6.07, 6.45) is 1.13. The highest BCUT2D eigenvalue weighted by Gasteiger charge is 2.38. The molecule has 0 N–H and O–H groups in total. The normalized spacial score (nSPS) is 19.3. The van der Waals surface area contributed by atoms with E-state index in [1.165, 1.54) is 0 Å². The second-order valence-electron chi connectivity index (χ2n) is 7.23. The van der Waals surface area contributed by atoms with E-state index < -0.39 is 18.0 Å². The van der Waals surface area contributed by atoms with Crippen molar-refractivity contribution in [1.82, 2.24) is 15.1 Å². The van der Waals surface area contributed by atoms with E-state index in [4.69, 9.17) is 9.15 Å². The van der Waals surface area contributed by atoms with Crippen LogP contribution in [-0.4, -0.2) is 54.0 Å². The van der Waals surface area contributed by atoms with E-state index in [9.17, 15) is 18.0 Å². The number of aromatic nitrogens is 2. The number of halogens is 3. The molecule has 2 aliphatic rings. The summed E-state index contributed by atoms with van der Waals surface area (Å²) < 4.78 is 48.2. The number of benzene rings is 1. The maximum absolute atomic E-state index is 13.2. The highest BCUT2D eigenvalue weighted by molar-refractivity contribution is 5.92. The average Bonchev–Trinajstić information content (AvgIpc) is 3.30. The molecule has 7 nitrogen and oxygen atoms in total. The molecule has 0 radical (unpaired) electrons. The Balaban J connectivity index is 1.47. The second kappa shape index (κ2) is 8.93. The van der Waals surface area contributed by atoms with Crippen LogP contribution in [0.15, 0.2) is 58.6 Å². The molecule has 1 unspecified atom stereocenters. The van der Waals surface area contributed by atoms with Crippen molar-refractivity contribution < 1.29 is 27.1 Å². The first-order valence-corrected chi connectivity index (χ1v) is 9.89. The van der Waals surface area contributed by atoms with E-state index in [0.717, 1.165) is 11.3 Å². The number of rotatable bonds is 4. The number of allylic oxidation sites excluding steroid dienone is 2. The van der Waals surface area contributed by atoms with Crippen LogP contribution in [0.25, 0.3) is 0 Å². The fourth-order valence-corrected chi connectivity index (χ4v) is 3.45. The van der Waals surface area contributed by atoms with Gasteiger partial charge >= 0.3 is 18.1 Å². The summed E-state index contributed by atoms with van der Waals surface area (Å²) in [6, 6.07) is 9.23. The van der Waals surface area contributed by atoms with Crippen molar-refractivity contribution in [3.05, 3.63) is 65.9 Å². The summed E-state index contributed by atoms with van der Waals surface area (Å²) in [6.45, 7) is 2.39. The number of urea groups is 1. The Hall–Kier alpha value is -3.14. The van der Waals surface area contributed by atoms with Gasteiger partial charge in [-0.1, -0.05) is 36.4 Å². The van der Waals surface area contributed by atoms with Crippen LogP contribution in [0.5, 0.6) is 0 Å². The molecule has 1 atom stereocenters. The zero-order chi connectivity index (χ0) is 21.8. The summed E-state index contributed by atoms with van der Waals surface area (Å²) in [4.78, 5) is 16.6. The molecular formula is C21H21F3N4O3. The van der Waals surface area contributed by atoms with Crippen molar-refractivity contribution in [2.24, 2.45) is 0 Å². The predicted octanol–water partition coefficient (Wildman–Crippen LogP) is 4.02. The summed E-state index contributed by atoms with van der Waals surface area (Å²) in [5.74, 6) is -1.87. The molecule has 1 aliphatic heterocycles. The number of ether oxygens (including phenoxy) is 1. The van der Waals surface area contributed by atoms with E-state index >= 15 is 0 Å². The quantitative estimate of drug-likeness (QED) is 0.727. The van der Waals surface area contributed by atoms with Crippen LogP contribution in [0.3, 0.4) is 0 Å². The Morgan fingerprint density at radius 3 is 2.52 bits per heavy atom. The van der Waals surface area contributed by atoms with Crippen LogP contribution in [0.4, 0.5) is 23.7 Å². The first-order valence-electron chi connectivity index (χ1n) is 9.89. The molecule has 2 heterocycles. The standard InChI is InChI=1S/C21H21F3N4O3/c22-21(23,24)19-26-25-18(31-19)16-8-6-15(7-9-16)14-28(17-4-2-1-3-5-17)20(29)27-10-12-30-13-11-27/h1-8,16H,9-14H2. The summed E-state index contributed by atoms with van der Waals surface area (Å²) in [7, 11) is 0. The first-order chi connectivity index (χ1) is 14.9. The van der Waals surface area contributed by atoms with Crippen molar-refractivity contribution >= 4 is 11.7 Å². The molecule has 0 bridgehead atoms. The number of anilines is 1. The second-order valence-corrected chi connectivity index (χ2v) is 7.23. The van der Waals surface area contributed by atoms with Gasteiger partial charge in [-0.25, -0.2) is 4.79 Å². The zero-order valence-corrected chi connectivity index (χ0v) is 16.6. The van der Waals surface area contributed by atoms with Gasteiger partial charge in [0.25, 0.3) is 0 Å². The van der Waals surface area contributed by atoms with E-state index in [0.29, 0.717) is 39.3 Å². The topological polar surface area (TPSA) is 71.7 Å². The van der Waals surface area contributed by atoms with Gasteiger partial charge in [0.15, 0.2) is 0 Å². The first kappa shape index (κ1) is 21.1. The largest absolute Gasteiger partial charge is 0.470 e. The van der Waals surface area contributed by atoms with Gasteiger partial charge in [0.2, 0.25) is 5.89 Å². The Bertz CT molecular complexity index is 966. The van der Waals surface area contributed by atoms with Crippen LogP contribution in [0.1, 0.15) is 24.1 Å². The smallest absolute Gasteiger partial charge is 0.417 e. The van der Waals surface area contributed by atoms with Gasteiger partial charge in [-0.2, -0.15) is 13.2 Å². The van der Waals surface area contributed by atoms with E-state index in [1.807, 2.05) is 36.4 Å². The summed E-state index contributed by atoms with van der Waals surface area (Å²) >= 11 is 0. The number of para-hydroxylation sites is 1. The monoisotopic (exact) mass is 434 g/mol. The Kier molecular flexibility index (Phi) is 6.08. The van der Waals surface area contributed by atoms with Gasteiger partial charge < -0.3 is 14.1 Å². The average molecular weight is 434 g/mol. The highest BCUT2D eigenvalue weighted by atomic mass is 19.4. The van der Waals surface area contributed by atoms with E-state index in [2.05, 4.69) is 10.2 Å². The molecule has 2 aromatic rings. The molecular weight excluding hydrogens is 413 g/mol. The molecule has 4 rings (SSSR count). The molecule has 1 aliphatic carbocycles. The van der Waals surface area contributed by atoms with Crippen molar-refractivity contribution in [2.75, 3.05) is 37.7 Å². The number of amides is 2. The van der Waals surface area contributed by atoms with E-state index in [1.54, 1.807) is 22.0 Å². The fourth-order valence-electron chi connectivity index (χ4n) is 3.45. The minimum absolute atomic E-state index is 0.0804. The molecule has 1 aromatic carbocycles. The van der Waals surface area contributed by atoms with Crippen molar-refractivity contribution in [1.29, 1.82) is 0 Å². The maximum atomic E-state index is 13.2. The molecule has 1 saturated heterocycles. The summed E-state index contributed by atoms with van der Waals surface area (Å²) in [5, 5.41) is 6.61. The molecule has 0 spiro atoms. The maximum Gasteiger partial charge on any atom is 0.470 e. The van der Waals surface area contributed by atoms with E-state index in [-0.39, 0.29) is 11.9 Å². The number of morpholine rings is 1. The number of carbonyl (C=O) groups excluding carboxylic acids is 1. The number of hydrogen-bond donors (Lipinski definition) is 0. The molecule has 2 amide bonds. The number of nitrogens with zero attached hydrogens (tertiary/aromatic N) is 4. The molecule has 10 heteroatoms. The number of alkyl halides is 3. The van der Waals surface area contributed by atoms with Crippen LogP contribution in [0.2, 0.25) is 0 Å². The van der Waals surface area contributed by atoms with Gasteiger partial charge in [-0.3, -0.25) is 4.90 Å². The Morgan fingerprint density at radius 2 is 1.90 bits per heavy atom. The summed E-state index contributed by atoms with van der Waals surface area (Å²) in [5.41, 5.74) is 1.64.